The van der Waals surface area contributed by atoms with Crippen LogP contribution in [0.4, 0.5) is 0 Å². The Hall–Kier alpha value is -3.08. The first kappa shape index (κ1) is 20.2. The largest absolute Gasteiger partial charge is 0.496 e. The molecule has 0 unspecified atom stereocenters. The minimum Gasteiger partial charge on any atom is -0.496 e. The molecule has 4 heteroatoms. The second-order valence-electron chi connectivity index (χ2n) is 7.41. The van der Waals surface area contributed by atoms with Gasteiger partial charge in [-0.3, -0.25) is 0 Å². The van der Waals surface area contributed by atoms with E-state index < -0.39 is 0 Å². The Bertz CT molecular complexity index is 1110. The number of benzene rings is 4. The second kappa shape index (κ2) is 8.74. The molecule has 0 heterocycles. The first-order chi connectivity index (χ1) is 14.7. The van der Waals surface area contributed by atoms with Crippen molar-refractivity contribution in [1.29, 1.82) is 0 Å². The Balaban J connectivity index is 2.22. The van der Waals surface area contributed by atoms with Crippen LogP contribution in [0, 0.1) is 0 Å². The molecule has 0 aliphatic heterocycles. The lowest BCUT2D eigenvalue weighted by Crippen LogP contribution is -2.07. The van der Waals surface area contributed by atoms with E-state index in [4.69, 9.17) is 20.9 Å². The number of hydrogen-bond acceptors (Lipinski definition) is 4. The van der Waals surface area contributed by atoms with E-state index in [1.807, 2.05) is 0 Å². The zero-order valence-corrected chi connectivity index (χ0v) is 17.6. The molecule has 0 saturated carbocycles. The molecule has 4 nitrogen and oxygen atoms in total. The molecule has 0 bridgehead atoms. The molecule has 0 saturated heterocycles. The van der Waals surface area contributed by atoms with Gasteiger partial charge in [0.05, 0.1) is 14.2 Å². The van der Waals surface area contributed by atoms with Gasteiger partial charge < -0.3 is 20.9 Å². The average Bonchev–Trinajstić information content (AvgIpc) is 2.78. The Labute approximate surface area is 177 Å². The normalized spacial score (nSPS) is 11.2. The fraction of sp³-hybridized carbons (Fsp3) is 0.231. The number of nitrogens with two attached hydrogens (primary N) is 2. The standard InChI is InChI=1S/C26H28N2O2/c1-29-25-19(11-13-27)15-17-7-3-5-9-21(17)23(25)24-22-10-6-4-8-18(22)16-20(12-14-28)26(24)30-2/h3-10,15-16H,11-14,27-28H2,1-2H3. The van der Waals surface area contributed by atoms with E-state index >= 15 is 0 Å². The molecular formula is C26H28N2O2. The average molecular weight is 401 g/mol. The van der Waals surface area contributed by atoms with Gasteiger partial charge in [-0.1, -0.05) is 48.5 Å². The third-order valence-corrected chi connectivity index (χ3v) is 5.64. The summed E-state index contributed by atoms with van der Waals surface area (Å²) in [4.78, 5) is 0. The molecule has 0 atom stereocenters. The van der Waals surface area contributed by atoms with Crippen molar-refractivity contribution < 1.29 is 9.47 Å². The zero-order valence-electron chi connectivity index (χ0n) is 17.6. The number of fused-ring (bicyclic) bond motifs is 2. The van der Waals surface area contributed by atoms with Gasteiger partial charge in [-0.15, -0.1) is 0 Å². The van der Waals surface area contributed by atoms with Crippen molar-refractivity contribution in [2.45, 2.75) is 12.8 Å². The third-order valence-electron chi connectivity index (χ3n) is 5.64. The monoisotopic (exact) mass is 400 g/mol. The summed E-state index contributed by atoms with van der Waals surface area (Å²) in [5.74, 6) is 1.71. The van der Waals surface area contributed by atoms with Crippen LogP contribution < -0.4 is 20.9 Å². The fourth-order valence-electron chi connectivity index (χ4n) is 4.42. The maximum absolute atomic E-state index is 6.00. The lowest BCUT2D eigenvalue weighted by Gasteiger charge is -2.22. The molecule has 0 fully saturated rings. The van der Waals surface area contributed by atoms with Crippen LogP contribution in [0.5, 0.6) is 11.5 Å². The van der Waals surface area contributed by atoms with Crippen LogP contribution in [-0.2, 0) is 12.8 Å². The summed E-state index contributed by atoms with van der Waals surface area (Å²) >= 11 is 0. The SMILES string of the molecule is COc1c(CCN)cc2ccccc2c1-c1c(OC)c(CCN)cc2ccccc12. The Morgan fingerprint density at radius 3 is 1.40 bits per heavy atom. The quantitative estimate of drug-likeness (QED) is 0.473. The predicted octanol–water partition coefficient (Wildman–Crippen LogP) is 4.68. The van der Waals surface area contributed by atoms with E-state index in [0.29, 0.717) is 13.1 Å². The number of ether oxygens (including phenoxy) is 2. The molecule has 0 aliphatic rings. The van der Waals surface area contributed by atoms with Crippen molar-refractivity contribution in [2.75, 3.05) is 27.3 Å². The van der Waals surface area contributed by atoms with E-state index in [-0.39, 0.29) is 0 Å². The van der Waals surface area contributed by atoms with Crippen LogP contribution in [0.3, 0.4) is 0 Å². The van der Waals surface area contributed by atoms with Crippen molar-refractivity contribution >= 4 is 21.5 Å². The van der Waals surface area contributed by atoms with Gasteiger partial charge in [0.15, 0.2) is 0 Å². The maximum atomic E-state index is 6.00. The lowest BCUT2D eigenvalue weighted by molar-refractivity contribution is 0.406. The molecule has 4 rings (SSSR count). The minimum absolute atomic E-state index is 0.555. The van der Waals surface area contributed by atoms with Crippen molar-refractivity contribution in [3.63, 3.8) is 0 Å². The van der Waals surface area contributed by atoms with Crippen LogP contribution in [-0.4, -0.2) is 27.3 Å². The fourth-order valence-corrected chi connectivity index (χ4v) is 4.42. The highest BCUT2D eigenvalue weighted by molar-refractivity contribution is 6.10. The Morgan fingerprint density at radius 2 is 1.03 bits per heavy atom. The molecule has 4 aromatic rings. The number of rotatable bonds is 7. The Kier molecular flexibility index (Phi) is 5.88. The smallest absolute Gasteiger partial charge is 0.130 e. The molecular weight excluding hydrogens is 372 g/mol. The van der Waals surface area contributed by atoms with Crippen LogP contribution in [0.2, 0.25) is 0 Å². The van der Waals surface area contributed by atoms with E-state index in [0.717, 1.165) is 68.1 Å². The Morgan fingerprint density at radius 1 is 0.633 bits per heavy atom. The van der Waals surface area contributed by atoms with Gasteiger partial charge in [0.2, 0.25) is 0 Å². The molecule has 4 aromatic carbocycles. The summed E-state index contributed by atoms with van der Waals surface area (Å²) in [6, 6.07) is 21.2. The molecule has 0 aromatic heterocycles. The van der Waals surface area contributed by atoms with E-state index in [1.54, 1.807) is 14.2 Å². The van der Waals surface area contributed by atoms with Gasteiger partial charge in [0.1, 0.15) is 11.5 Å². The van der Waals surface area contributed by atoms with Crippen LogP contribution in [0.1, 0.15) is 11.1 Å². The topological polar surface area (TPSA) is 70.5 Å². The molecule has 154 valence electrons. The van der Waals surface area contributed by atoms with Gasteiger partial charge in [0, 0.05) is 11.1 Å². The lowest BCUT2D eigenvalue weighted by atomic mass is 9.87. The van der Waals surface area contributed by atoms with Crippen LogP contribution in [0.15, 0.2) is 60.7 Å². The van der Waals surface area contributed by atoms with Gasteiger partial charge >= 0.3 is 0 Å². The predicted molar refractivity (Wildman–Crippen MR) is 126 cm³/mol. The first-order valence-electron chi connectivity index (χ1n) is 10.3. The second-order valence-corrected chi connectivity index (χ2v) is 7.41. The highest BCUT2D eigenvalue weighted by atomic mass is 16.5. The summed E-state index contributed by atoms with van der Waals surface area (Å²) in [7, 11) is 3.46. The van der Waals surface area contributed by atoms with E-state index in [1.165, 1.54) is 0 Å². The van der Waals surface area contributed by atoms with Gasteiger partial charge in [-0.2, -0.15) is 0 Å². The van der Waals surface area contributed by atoms with Crippen molar-refractivity contribution in [3.05, 3.63) is 71.8 Å². The maximum Gasteiger partial charge on any atom is 0.130 e. The highest BCUT2D eigenvalue weighted by Crippen LogP contribution is 2.48. The number of hydrogen-bond donors (Lipinski definition) is 2. The van der Waals surface area contributed by atoms with E-state index in [2.05, 4.69) is 60.7 Å². The molecule has 30 heavy (non-hydrogen) atoms. The van der Waals surface area contributed by atoms with Crippen LogP contribution in [0.25, 0.3) is 32.7 Å². The summed E-state index contributed by atoms with van der Waals surface area (Å²) in [5, 5.41) is 4.58. The summed E-state index contributed by atoms with van der Waals surface area (Å²) in [6.45, 7) is 1.11. The van der Waals surface area contributed by atoms with Crippen molar-refractivity contribution in [2.24, 2.45) is 11.5 Å². The first-order valence-corrected chi connectivity index (χ1v) is 10.3. The molecule has 0 aliphatic carbocycles. The molecule has 4 N–H and O–H groups in total. The summed E-state index contributed by atoms with van der Waals surface area (Å²) < 4.78 is 12.0. The molecule has 0 amide bonds. The van der Waals surface area contributed by atoms with Gasteiger partial charge in [-0.05, 0) is 70.7 Å². The highest BCUT2D eigenvalue weighted by Gasteiger charge is 2.23. The zero-order chi connectivity index (χ0) is 21.1. The molecule has 0 spiro atoms. The van der Waals surface area contributed by atoms with Crippen molar-refractivity contribution in [3.8, 4) is 22.6 Å². The van der Waals surface area contributed by atoms with Crippen molar-refractivity contribution in [1.82, 2.24) is 0 Å². The summed E-state index contributed by atoms with van der Waals surface area (Å²) in [6.07, 6.45) is 1.48. The van der Waals surface area contributed by atoms with Gasteiger partial charge in [-0.25, -0.2) is 0 Å². The third kappa shape index (κ3) is 3.38. The van der Waals surface area contributed by atoms with Crippen LogP contribution >= 0.6 is 0 Å². The van der Waals surface area contributed by atoms with Gasteiger partial charge in [0.25, 0.3) is 0 Å². The summed E-state index contributed by atoms with van der Waals surface area (Å²) in [5.41, 5.74) is 16.2. The van der Waals surface area contributed by atoms with E-state index in [9.17, 15) is 0 Å². The minimum atomic E-state index is 0.555. The molecule has 0 radical (unpaired) electrons. The number of methoxy groups -OCH3 is 2.